The minimum absolute atomic E-state index is 0.214. The van der Waals surface area contributed by atoms with Gasteiger partial charge in [0.25, 0.3) is 5.91 Å². The number of benzene rings is 4. The van der Waals surface area contributed by atoms with Crippen LogP contribution in [-0.2, 0) is 6.61 Å². The van der Waals surface area contributed by atoms with Crippen molar-refractivity contribution < 1.29 is 14.1 Å². The van der Waals surface area contributed by atoms with Crippen molar-refractivity contribution in [2.24, 2.45) is 0 Å². The minimum atomic E-state index is -0.214. The second-order valence-electron chi connectivity index (χ2n) is 7.36. The standard InChI is InChI=1S/C27H20N2O3/c30-27(28-22-12-14-23(15-13-22)31-18-19-7-3-1-4-8-19)21-11-16-24-25(17-21)29-32-26(24)20-9-5-2-6-10-20/h1-17H,18H2,(H,28,30). The zero-order valence-corrected chi connectivity index (χ0v) is 17.2. The van der Waals surface area contributed by atoms with Gasteiger partial charge in [0.1, 0.15) is 17.9 Å². The fraction of sp³-hybridized carbons (Fsp3) is 0.0370. The minimum Gasteiger partial charge on any atom is -0.489 e. The third-order valence-electron chi connectivity index (χ3n) is 5.14. The molecule has 0 aliphatic carbocycles. The molecule has 0 fully saturated rings. The molecule has 5 rings (SSSR count). The summed E-state index contributed by atoms with van der Waals surface area (Å²) in [6, 6.07) is 32.4. The number of amides is 1. The van der Waals surface area contributed by atoms with Crippen LogP contribution in [0.3, 0.4) is 0 Å². The van der Waals surface area contributed by atoms with E-state index in [0.717, 1.165) is 22.3 Å². The highest BCUT2D eigenvalue weighted by Gasteiger charge is 2.14. The predicted octanol–water partition coefficient (Wildman–Crippen LogP) is 6.33. The van der Waals surface area contributed by atoms with E-state index in [1.165, 1.54) is 0 Å². The number of nitrogens with one attached hydrogen (secondary N) is 1. The third-order valence-corrected chi connectivity index (χ3v) is 5.14. The lowest BCUT2D eigenvalue weighted by molar-refractivity contribution is 0.102. The van der Waals surface area contributed by atoms with Gasteiger partial charge >= 0.3 is 0 Å². The topological polar surface area (TPSA) is 64.4 Å². The monoisotopic (exact) mass is 420 g/mol. The Labute approximate surface area is 185 Å². The van der Waals surface area contributed by atoms with Gasteiger partial charge in [-0.2, -0.15) is 0 Å². The van der Waals surface area contributed by atoms with E-state index in [1.807, 2.05) is 91.0 Å². The first-order valence-corrected chi connectivity index (χ1v) is 10.3. The SMILES string of the molecule is O=C(Nc1ccc(OCc2ccccc2)cc1)c1ccc2c(-c3ccccc3)onc2c1. The number of hydrogen-bond acceptors (Lipinski definition) is 4. The highest BCUT2D eigenvalue weighted by Crippen LogP contribution is 2.29. The number of nitrogens with zero attached hydrogens (tertiary/aromatic N) is 1. The molecule has 156 valence electrons. The number of carbonyl (C=O) groups excluding carboxylic acids is 1. The van der Waals surface area contributed by atoms with Crippen LogP contribution in [0.25, 0.3) is 22.2 Å². The van der Waals surface area contributed by atoms with Crippen molar-refractivity contribution in [3.63, 3.8) is 0 Å². The quantitative estimate of drug-likeness (QED) is 0.349. The lowest BCUT2D eigenvalue weighted by Gasteiger charge is -2.09. The number of hydrogen-bond donors (Lipinski definition) is 1. The molecule has 0 spiro atoms. The average Bonchev–Trinajstić information content (AvgIpc) is 3.28. The maximum Gasteiger partial charge on any atom is 0.255 e. The molecule has 5 heteroatoms. The first kappa shape index (κ1) is 19.6. The molecule has 0 aliphatic rings. The Kier molecular flexibility index (Phi) is 5.37. The summed E-state index contributed by atoms with van der Waals surface area (Å²) in [4.78, 5) is 12.7. The maximum absolute atomic E-state index is 12.7. The van der Waals surface area contributed by atoms with Crippen molar-refractivity contribution in [1.82, 2.24) is 5.16 Å². The Morgan fingerprint density at radius 1 is 0.844 bits per heavy atom. The van der Waals surface area contributed by atoms with Gasteiger partial charge in [-0.05, 0) is 48.0 Å². The molecule has 0 radical (unpaired) electrons. The van der Waals surface area contributed by atoms with Gasteiger partial charge in [0.15, 0.2) is 5.76 Å². The predicted molar refractivity (Wildman–Crippen MR) is 125 cm³/mol. The van der Waals surface area contributed by atoms with E-state index < -0.39 is 0 Å². The smallest absolute Gasteiger partial charge is 0.255 e. The lowest BCUT2D eigenvalue weighted by Crippen LogP contribution is -2.11. The zero-order valence-electron chi connectivity index (χ0n) is 17.2. The lowest BCUT2D eigenvalue weighted by atomic mass is 10.1. The van der Waals surface area contributed by atoms with E-state index in [1.54, 1.807) is 12.1 Å². The van der Waals surface area contributed by atoms with Crippen LogP contribution in [0, 0.1) is 0 Å². The number of rotatable bonds is 6. The van der Waals surface area contributed by atoms with Gasteiger partial charge in [-0.3, -0.25) is 4.79 Å². The molecule has 5 aromatic rings. The Bertz CT molecular complexity index is 1340. The molecule has 4 aromatic carbocycles. The number of carbonyl (C=O) groups is 1. The van der Waals surface area contributed by atoms with Gasteiger partial charge in [0.05, 0.1) is 0 Å². The van der Waals surface area contributed by atoms with Gasteiger partial charge in [-0.15, -0.1) is 0 Å². The van der Waals surface area contributed by atoms with Gasteiger partial charge < -0.3 is 14.6 Å². The molecule has 0 bridgehead atoms. The second kappa shape index (κ2) is 8.78. The van der Waals surface area contributed by atoms with E-state index in [-0.39, 0.29) is 5.91 Å². The van der Waals surface area contributed by atoms with Crippen LogP contribution in [0.4, 0.5) is 5.69 Å². The average molecular weight is 420 g/mol. The molecule has 1 N–H and O–H groups in total. The number of fused-ring (bicyclic) bond motifs is 1. The molecule has 0 atom stereocenters. The summed E-state index contributed by atoms with van der Waals surface area (Å²) >= 11 is 0. The Morgan fingerprint density at radius 3 is 2.31 bits per heavy atom. The van der Waals surface area contributed by atoms with E-state index in [2.05, 4.69) is 10.5 Å². The van der Waals surface area contributed by atoms with Crippen molar-refractivity contribution in [3.05, 3.63) is 114 Å². The largest absolute Gasteiger partial charge is 0.489 e. The van der Waals surface area contributed by atoms with E-state index in [4.69, 9.17) is 9.26 Å². The third kappa shape index (κ3) is 4.23. The van der Waals surface area contributed by atoms with Crippen molar-refractivity contribution >= 4 is 22.5 Å². The fourth-order valence-corrected chi connectivity index (χ4v) is 3.46. The van der Waals surface area contributed by atoms with Gasteiger partial charge in [0.2, 0.25) is 0 Å². The summed E-state index contributed by atoms with van der Waals surface area (Å²) in [5.74, 6) is 1.22. The Morgan fingerprint density at radius 2 is 1.56 bits per heavy atom. The first-order chi connectivity index (χ1) is 15.8. The van der Waals surface area contributed by atoms with Crippen molar-refractivity contribution in [3.8, 4) is 17.1 Å². The van der Waals surface area contributed by atoms with Crippen LogP contribution in [0.5, 0.6) is 5.75 Å². The molecule has 0 unspecified atom stereocenters. The molecule has 0 saturated carbocycles. The Hall–Kier alpha value is -4.38. The Balaban J connectivity index is 1.26. The van der Waals surface area contributed by atoms with Crippen molar-refractivity contribution in [2.75, 3.05) is 5.32 Å². The summed E-state index contributed by atoms with van der Waals surface area (Å²) in [6.45, 7) is 0.495. The highest BCUT2D eigenvalue weighted by molar-refractivity contribution is 6.07. The normalized spacial score (nSPS) is 10.8. The highest BCUT2D eigenvalue weighted by atomic mass is 16.5. The van der Waals surface area contributed by atoms with Gasteiger partial charge in [-0.25, -0.2) is 0 Å². The molecule has 1 amide bonds. The summed E-state index contributed by atoms with van der Waals surface area (Å²) in [6.07, 6.45) is 0. The second-order valence-corrected chi connectivity index (χ2v) is 7.36. The summed E-state index contributed by atoms with van der Waals surface area (Å²) in [7, 11) is 0. The number of anilines is 1. The molecule has 5 nitrogen and oxygen atoms in total. The van der Waals surface area contributed by atoms with E-state index >= 15 is 0 Å². The first-order valence-electron chi connectivity index (χ1n) is 10.3. The number of ether oxygens (including phenoxy) is 1. The van der Waals surface area contributed by atoms with Crippen molar-refractivity contribution in [1.29, 1.82) is 0 Å². The van der Waals surface area contributed by atoms with Crippen LogP contribution < -0.4 is 10.1 Å². The van der Waals surface area contributed by atoms with Crippen LogP contribution in [0.15, 0.2) is 108 Å². The molecule has 1 heterocycles. The number of aromatic nitrogens is 1. The molecule has 0 saturated heterocycles. The zero-order chi connectivity index (χ0) is 21.8. The van der Waals surface area contributed by atoms with Crippen molar-refractivity contribution in [2.45, 2.75) is 6.61 Å². The van der Waals surface area contributed by atoms with Crippen LogP contribution in [0.2, 0.25) is 0 Å². The maximum atomic E-state index is 12.7. The van der Waals surface area contributed by atoms with Crippen LogP contribution >= 0.6 is 0 Å². The van der Waals surface area contributed by atoms with E-state index in [9.17, 15) is 4.79 Å². The molecular formula is C27H20N2O3. The van der Waals surface area contributed by atoms with Gasteiger partial charge in [0, 0.05) is 22.2 Å². The van der Waals surface area contributed by atoms with E-state index in [0.29, 0.717) is 29.1 Å². The molecule has 0 aliphatic heterocycles. The molecular weight excluding hydrogens is 400 g/mol. The summed E-state index contributed by atoms with van der Waals surface area (Å²) < 4.78 is 11.3. The fourth-order valence-electron chi connectivity index (χ4n) is 3.46. The summed E-state index contributed by atoms with van der Waals surface area (Å²) in [5.41, 5.74) is 3.88. The summed E-state index contributed by atoms with van der Waals surface area (Å²) in [5, 5.41) is 7.91. The molecule has 1 aromatic heterocycles. The van der Waals surface area contributed by atoms with Gasteiger partial charge in [-0.1, -0.05) is 65.8 Å². The molecule has 32 heavy (non-hydrogen) atoms. The van der Waals surface area contributed by atoms with Crippen LogP contribution in [-0.4, -0.2) is 11.1 Å². The van der Waals surface area contributed by atoms with Crippen LogP contribution in [0.1, 0.15) is 15.9 Å².